The van der Waals surface area contributed by atoms with Gasteiger partial charge in [0.1, 0.15) is 0 Å². The predicted molar refractivity (Wildman–Crippen MR) is 65.7 cm³/mol. The molecule has 1 atom stereocenters. The topological polar surface area (TPSA) is 78.6 Å². The minimum atomic E-state index is -1.14. The zero-order chi connectivity index (χ0) is 13.8. The minimum Gasteiger partial charge on any atom is -0.374 e. The standard InChI is InChI=1S/C13H17NO4/c1-13(2,3)18-10(11(15)17-12(14)16)9-7-5-4-6-8-9/h4-8,10H,1-3H3,(H2,14,16). The lowest BCUT2D eigenvalue weighted by molar-refractivity contribution is -0.160. The average molecular weight is 251 g/mol. The van der Waals surface area contributed by atoms with Crippen molar-refractivity contribution in [3.63, 3.8) is 0 Å². The van der Waals surface area contributed by atoms with Crippen molar-refractivity contribution in [3.05, 3.63) is 35.9 Å². The molecular formula is C13H17NO4. The molecule has 5 nitrogen and oxygen atoms in total. The lowest BCUT2D eigenvalue weighted by atomic mass is 10.1. The van der Waals surface area contributed by atoms with Gasteiger partial charge < -0.3 is 15.2 Å². The Morgan fingerprint density at radius 1 is 1.17 bits per heavy atom. The van der Waals surface area contributed by atoms with E-state index in [0.29, 0.717) is 5.56 Å². The third-order valence-corrected chi connectivity index (χ3v) is 1.99. The molecule has 1 amide bonds. The molecule has 1 aromatic carbocycles. The molecule has 0 aromatic heterocycles. The molecule has 0 aliphatic rings. The van der Waals surface area contributed by atoms with Gasteiger partial charge in [-0.05, 0) is 26.3 Å². The third kappa shape index (κ3) is 4.55. The number of nitrogens with two attached hydrogens (primary N) is 1. The van der Waals surface area contributed by atoms with E-state index in [1.807, 2.05) is 6.07 Å². The van der Waals surface area contributed by atoms with E-state index >= 15 is 0 Å². The Balaban J connectivity index is 2.96. The lowest BCUT2D eigenvalue weighted by Crippen LogP contribution is -2.31. The first-order valence-corrected chi connectivity index (χ1v) is 5.53. The highest BCUT2D eigenvalue weighted by Gasteiger charge is 2.29. The van der Waals surface area contributed by atoms with Crippen LogP contribution in [0.2, 0.25) is 0 Å². The maximum absolute atomic E-state index is 11.8. The van der Waals surface area contributed by atoms with Crippen molar-refractivity contribution >= 4 is 12.1 Å². The number of amides is 1. The van der Waals surface area contributed by atoms with E-state index < -0.39 is 23.8 Å². The number of esters is 1. The van der Waals surface area contributed by atoms with Crippen LogP contribution < -0.4 is 5.73 Å². The Morgan fingerprint density at radius 3 is 2.17 bits per heavy atom. The van der Waals surface area contributed by atoms with Gasteiger partial charge in [0.25, 0.3) is 0 Å². The SMILES string of the molecule is CC(C)(C)OC(C(=O)OC(N)=O)c1ccccc1. The molecule has 5 heteroatoms. The highest BCUT2D eigenvalue weighted by Crippen LogP contribution is 2.25. The van der Waals surface area contributed by atoms with E-state index in [-0.39, 0.29) is 0 Å². The van der Waals surface area contributed by atoms with E-state index in [2.05, 4.69) is 4.74 Å². The number of carbonyl (C=O) groups is 2. The molecule has 0 aliphatic heterocycles. The Hall–Kier alpha value is -1.88. The van der Waals surface area contributed by atoms with E-state index in [1.165, 1.54) is 0 Å². The summed E-state index contributed by atoms with van der Waals surface area (Å²) in [7, 11) is 0. The summed E-state index contributed by atoms with van der Waals surface area (Å²) in [5.41, 5.74) is 4.89. The summed E-state index contributed by atoms with van der Waals surface area (Å²) < 4.78 is 9.99. The van der Waals surface area contributed by atoms with Gasteiger partial charge in [-0.3, -0.25) is 0 Å². The van der Waals surface area contributed by atoms with Gasteiger partial charge in [0.15, 0.2) is 6.10 Å². The molecule has 1 rings (SSSR count). The van der Waals surface area contributed by atoms with Crippen LogP contribution in [0.3, 0.4) is 0 Å². The number of ether oxygens (including phenoxy) is 2. The van der Waals surface area contributed by atoms with Gasteiger partial charge >= 0.3 is 12.1 Å². The molecule has 0 spiro atoms. The van der Waals surface area contributed by atoms with Crippen LogP contribution in [0.5, 0.6) is 0 Å². The Kier molecular flexibility index (Phi) is 4.44. The molecule has 0 heterocycles. The molecule has 0 saturated heterocycles. The van der Waals surface area contributed by atoms with Gasteiger partial charge in [-0.15, -0.1) is 0 Å². The quantitative estimate of drug-likeness (QED) is 0.659. The van der Waals surface area contributed by atoms with Crippen LogP contribution >= 0.6 is 0 Å². The Labute approximate surface area is 106 Å². The molecular weight excluding hydrogens is 234 g/mol. The van der Waals surface area contributed by atoms with Crippen LogP contribution in [0.25, 0.3) is 0 Å². The zero-order valence-corrected chi connectivity index (χ0v) is 10.7. The Bertz CT molecular complexity index is 422. The number of primary amides is 1. The van der Waals surface area contributed by atoms with Crippen molar-refractivity contribution in [1.82, 2.24) is 0 Å². The number of carbonyl (C=O) groups excluding carboxylic acids is 2. The smallest absolute Gasteiger partial charge is 0.374 e. The van der Waals surface area contributed by atoms with Crippen molar-refractivity contribution in [1.29, 1.82) is 0 Å². The van der Waals surface area contributed by atoms with Crippen LogP contribution in [0.1, 0.15) is 32.4 Å². The van der Waals surface area contributed by atoms with Gasteiger partial charge in [0.05, 0.1) is 5.60 Å². The van der Waals surface area contributed by atoms with E-state index in [1.54, 1.807) is 45.0 Å². The van der Waals surface area contributed by atoms with Crippen molar-refractivity contribution in [2.45, 2.75) is 32.5 Å². The zero-order valence-electron chi connectivity index (χ0n) is 10.7. The first kappa shape index (κ1) is 14.2. The highest BCUT2D eigenvalue weighted by atomic mass is 16.6. The number of hydrogen-bond acceptors (Lipinski definition) is 4. The molecule has 0 saturated carbocycles. The van der Waals surface area contributed by atoms with Crippen LogP contribution in [-0.4, -0.2) is 17.7 Å². The summed E-state index contributed by atoms with van der Waals surface area (Å²) in [6, 6.07) is 8.80. The fourth-order valence-corrected chi connectivity index (χ4v) is 1.39. The maximum atomic E-state index is 11.8. The van der Waals surface area contributed by atoms with Crippen molar-refractivity contribution in [2.75, 3.05) is 0 Å². The van der Waals surface area contributed by atoms with Gasteiger partial charge in [-0.25, -0.2) is 9.59 Å². The van der Waals surface area contributed by atoms with Crippen LogP contribution in [0.4, 0.5) is 4.79 Å². The first-order chi connectivity index (χ1) is 8.29. The maximum Gasteiger partial charge on any atom is 0.412 e. The van der Waals surface area contributed by atoms with Gasteiger partial charge in [-0.1, -0.05) is 30.3 Å². The van der Waals surface area contributed by atoms with Crippen molar-refractivity contribution in [2.24, 2.45) is 5.73 Å². The predicted octanol–water partition coefficient (Wildman–Crippen LogP) is 2.16. The van der Waals surface area contributed by atoms with Crippen LogP contribution in [-0.2, 0) is 14.3 Å². The largest absolute Gasteiger partial charge is 0.412 e. The molecule has 0 bridgehead atoms. The summed E-state index contributed by atoms with van der Waals surface area (Å²) >= 11 is 0. The van der Waals surface area contributed by atoms with E-state index in [0.717, 1.165) is 0 Å². The highest BCUT2D eigenvalue weighted by molar-refractivity contribution is 5.87. The first-order valence-electron chi connectivity index (χ1n) is 5.53. The molecule has 1 unspecified atom stereocenters. The Morgan fingerprint density at radius 2 is 1.72 bits per heavy atom. The molecule has 98 valence electrons. The van der Waals surface area contributed by atoms with E-state index in [9.17, 15) is 9.59 Å². The summed E-state index contributed by atoms with van der Waals surface area (Å²) in [5.74, 6) is -0.816. The molecule has 0 radical (unpaired) electrons. The fourth-order valence-electron chi connectivity index (χ4n) is 1.39. The fraction of sp³-hybridized carbons (Fsp3) is 0.385. The lowest BCUT2D eigenvalue weighted by Gasteiger charge is -2.26. The van der Waals surface area contributed by atoms with Crippen LogP contribution in [0, 0.1) is 0 Å². The summed E-state index contributed by atoms with van der Waals surface area (Å²) in [6.07, 6.45) is -2.11. The average Bonchev–Trinajstić information content (AvgIpc) is 2.25. The minimum absolute atomic E-state index is 0.558. The monoisotopic (exact) mass is 251 g/mol. The third-order valence-electron chi connectivity index (χ3n) is 1.99. The second-order valence-electron chi connectivity index (χ2n) is 4.76. The van der Waals surface area contributed by atoms with Gasteiger partial charge in [0.2, 0.25) is 0 Å². The van der Waals surface area contributed by atoms with Crippen molar-refractivity contribution < 1.29 is 19.1 Å². The van der Waals surface area contributed by atoms with E-state index in [4.69, 9.17) is 10.5 Å². The summed E-state index contributed by atoms with van der Waals surface area (Å²) in [5, 5.41) is 0. The number of benzene rings is 1. The molecule has 18 heavy (non-hydrogen) atoms. The van der Waals surface area contributed by atoms with Gasteiger partial charge in [-0.2, -0.15) is 0 Å². The summed E-state index contributed by atoms with van der Waals surface area (Å²) in [6.45, 7) is 5.42. The van der Waals surface area contributed by atoms with Crippen molar-refractivity contribution in [3.8, 4) is 0 Å². The normalized spacial score (nSPS) is 12.8. The number of rotatable bonds is 3. The molecule has 1 aromatic rings. The molecule has 0 fully saturated rings. The number of hydrogen-bond donors (Lipinski definition) is 1. The van der Waals surface area contributed by atoms with Crippen LogP contribution in [0.15, 0.2) is 30.3 Å². The van der Waals surface area contributed by atoms with Gasteiger partial charge in [0, 0.05) is 0 Å². The second kappa shape index (κ2) is 5.64. The second-order valence-corrected chi connectivity index (χ2v) is 4.76. The molecule has 0 aliphatic carbocycles. The molecule has 2 N–H and O–H groups in total. The summed E-state index contributed by atoms with van der Waals surface area (Å²) in [4.78, 5) is 22.4.